The molecule has 1 rings (SSSR count). The van der Waals surface area contributed by atoms with Gasteiger partial charge in [-0.15, -0.1) is 0 Å². The van der Waals surface area contributed by atoms with Crippen molar-refractivity contribution < 1.29 is 13.6 Å². The number of alkyl halides is 2. The van der Waals surface area contributed by atoms with E-state index < -0.39 is 12.3 Å². The third-order valence-corrected chi connectivity index (χ3v) is 1.42. The average molecular weight is 120 g/mol. The Hall–Kier alpha value is -0.470. The zero-order valence-corrected chi connectivity index (χ0v) is 4.23. The predicted molar refractivity (Wildman–Crippen MR) is 23.7 cm³/mol. The fourth-order valence-electron chi connectivity index (χ4n) is 0.695. The van der Waals surface area contributed by atoms with E-state index in [1.54, 1.807) is 0 Å². The second-order valence-electron chi connectivity index (χ2n) is 1.95. The molecule has 0 aromatic rings. The van der Waals surface area contributed by atoms with E-state index in [0.29, 0.717) is 12.8 Å². The Bertz CT molecular complexity index is 111. The third kappa shape index (κ3) is 0.723. The average Bonchev–Trinajstić information content (AvgIpc) is 1.61. The molecule has 8 heavy (non-hydrogen) atoms. The van der Waals surface area contributed by atoms with Crippen LogP contribution in [0.1, 0.15) is 12.8 Å². The number of rotatable bonds is 1. The van der Waals surface area contributed by atoms with Crippen LogP contribution in [-0.2, 0) is 4.79 Å². The Morgan fingerprint density at radius 3 is 2.25 bits per heavy atom. The second kappa shape index (κ2) is 1.80. The molecule has 1 unspecified atom stereocenters. The van der Waals surface area contributed by atoms with Gasteiger partial charge in [-0.2, -0.15) is 0 Å². The Morgan fingerprint density at radius 2 is 2.25 bits per heavy atom. The highest BCUT2D eigenvalue weighted by molar-refractivity contribution is 5.86. The van der Waals surface area contributed by atoms with E-state index in [1.165, 1.54) is 0 Å². The smallest absolute Gasteiger partial charge is 0.248 e. The number of hydrogen-bond acceptors (Lipinski definition) is 1. The van der Waals surface area contributed by atoms with Gasteiger partial charge in [-0.05, 0) is 6.42 Å². The van der Waals surface area contributed by atoms with Gasteiger partial charge in [0.05, 0.1) is 5.92 Å². The molecular weight excluding hydrogens is 114 g/mol. The fraction of sp³-hybridized carbons (Fsp3) is 0.800. The van der Waals surface area contributed by atoms with Gasteiger partial charge in [0.1, 0.15) is 5.78 Å². The highest BCUT2D eigenvalue weighted by Crippen LogP contribution is 2.27. The van der Waals surface area contributed by atoms with E-state index in [4.69, 9.17) is 0 Å². The summed E-state index contributed by atoms with van der Waals surface area (Å²) in [4.78, 5) is 10.2. The van der Waals surface area contributed by atoms with E-state index in [0.717, 1.165) is 0 Å². The summed E-state index contributed by atoms with van der Waals surface area (Å²) in [6, 6.07) is 0. The summed E-state index contributed by atoms with van der Waals surface area (Å²) >= 11 is 0. The highest BCUT2D eigenvalue weighted by Gasteiger charge is 2.35. The molecule has 1 saturated carbocycles. The molecule has 3 heteroatoms. The van der Waals surface area contributed by atoms with E-state index in [1.807, 2.05) is 0 Å². The van der Waals surface area contributed by atoms with Crippen molar-refractivity contribution in [3.05, 3.63) is 0 Å². The molecule has 0 saturated heterocycles. The van der Waals surface area contributed by atoms with E-state index in [-0.39, 0.29) is 5.78 Å². The molecular formula is C5H6F2O. The zero-order chi connectivity index (χ0) is 6.15. The molecule has 1 aliphatic rings. The van der Waals surface area contributed by atoms with Crippen molar-refractivity contribution >= 4 is 5.78 Å². The minimum atomic E-state index is -2.42. The van der Waals surface area contributed by atoms with Crippen molar-refractivity contribution in [1.82, 2.24) is 0 Å². The Kier molecular flexibility index (Phi) is 1.27. The predicted octanol–water partition coefficient (Wildman–Crippen LogP) is 1.23. The van der Waals surface area contributed by atoms with Gasteiger partial charge in [0.15, 0.2) is 0 Å². The largest absolute Gasteiger partial charge is 0.299 e. The number of halogens is 2. The van der Waals surface area contributed by atoms with E-state index in [9.17, 15) is 13.6 Å². The van der Waals surface area contributed by atoms with Crippen LogP contribution in [0.2, 0.25) is 0 Å². The Morgan fingerprint density at radius 1 is 1.62 bits per heavy atom. The van der Waals surface area contributed by atoms with Gasteiger partial charge in [0.25, 0.3) is 0 Å². The lowest BCUT2D eigenvalue weighted by Gasteiger charge is -2.21. The molecule has 0 aliphatic heterocycles. The van der Waals surface area contributed by atoms with Gasteiger partial charge in [0, 0.05) is 6.42 Å². The molecule has 1 fully saturated rings. The second-order valence-corrected chi connectivity index (χ2v) is 1.95. The van der Waals surface area contributed by atoms with Crippen LogP contribution in [-0.4, -0.2) is 12.2 Å². The van der Waals surface area contributed by atoms with Gasteiger partial charge in [-0.1, -0.05) is 0 Å². The zero-order valence-electron chi connectivity index (χ0n) is 4.23. The summed E-state index contributed by atoms with van der Waals surface area (Å²) in [6.45, 7) is 0. The first-order valence-corrected chi connectivity index (χ1v) is 2.52. The lowest BCUT2D eigenvalue weighted by Crippen LogP contribution is -2.31. The molecule has 46 valence electrons. The SMILES string of the molecule is O=C1CCC1C(F)F. The van der Waals surface area contributed by atoms with Crippen LogP contribution in [0.15, 0.2) is 0 Å². The van der Waals surface area contributed by atoms with Crippen molar-refractivity contribution in [3.8, 4) is 0 Å². The summed E-state index contributed by atoms with van der Waals surface area (Å²) in [5.41, 5.74) is 0. The topological polar surface area (TPSA) is 17.1 Å². The van der Waals surface area contributed by atoms with Crippen molar-refractivity contribution in [2.24, 2.45) is 5.92 Å². The lowest BCUT2D eigenvalue weighted by molar-refractivity contribution is -0.135. The maximum Gasteiger partial charge on any atom is 0.248 e. The van der Waals surface area contributed by atoms with Crippen LogP contribution >= 0.6 is 0 Å². The standard InChI is InChI=1S/C5H6F2O/c6-5(7)3-1-2-4(3)8/h3,5H,1-2H2. The molecule has 1 nitrogen and oxygen atoms in total. The van der Waals surface area contributed by atoms with Crippen molar-refractivity contribution in [3.63, 3.8) is 0 Å². The van der Waals surface area contributed by atoms with Gasteiger partial charge in [-0.3, -0.25) is 4.79 Å². The van der Waals surface area contributed by atoms with Crippen LogP contribution in [0.3, 0.4) is 0 Å². The summed E-state index contributed by atoms with van der Waals surface area (Å²) in [6.07, 6.45) is -1.68. The number of ketones is 1. The molecule has 0 amide bonds. The molecule has 0 radical (unpaired) electrons. The van der Waals surface area contributed by atoms with Crippen LogP contribution in [0.5, 0.6) is 0 Å². The maximum absolute atomic E-state index is 11.5. The summed E-state index contributed by atoms with van der Waals surface area (Å²) < 4.78 is 23.0. The molecule has 0 aromatic heterocycles. The first kappa shape index (κ1) is 5.66. The number of carbonyl (C=O) groups is 1. The minimum absolute atomic E-state index is 0.278. The molecule has 0 spiro atoms. The van der Waals surface area contributed by atoms with Gasteiger partial charge < -0.3 is 0 Å². The third-order valence-electron chi connectivity index (χ3n) is 1.42. The first-order chi connectivity index (χ1) is 3.72. The van der Waals surface area contributed by atoms with Crippen LogP contribution in [0, 0.1) is 5.92 Å². The van der Waals surface area contributed by atoms with Crippen LogP contribution in [0.25, 0.3) is 0 Å². The minimum Gasteiger partial charge on any atom is -0.299 e. The summed E-state index contributed by atoms with van der Waals surface area (Å²) in [5, 5.41) is 0. The van der Waals surface area contributed by atoms with Gasteiger partial charge in [-0.25, -0.2) is 8.78 Å². The molecule has 1 aliphatic carbocycles. The molecule has 0 heterocycles. The van der Waals surface area contributed by atoms with Gasteiger partial charge in [0.2, 0.25) is 6.43 Å². The highest BCUT2D eigenvalue weighted by atomic mass is 19.3. The van der Waals surface area contributed by atoms with E-state index in [2.05, 4.69) is 0 Å². The number of hydrogen-bond donors (Lipinski definition) is 0. The van der Waals surface area contributed by atoms with Crippen molar-refractivity contribution in [1.29, 1.82) is 0 Å². The quantitative estimate of drug-likeness (QED) is 0.508. The Balaban J connectivity index is 2.37. The molecule has 0 aromatic carbocycles. The normalized spacial score (nSPS) is 28.4. The molecule has 0 bridgehead atoms. The molecule has 0 N–H and O–H groups in total. The monoisotopic (exact) mass is 120 g/mol. The van der Waals surface area contributed by atoms with Gasteiger partial charge >= 0.3 is 0 Å². The number of Topliss-reactive ketones (excluding diaryl/α,β-unsaturated/α-hetero) is 1. The van der Waals surface area contributed by atoms with Crippen LogP contribution < -0.4 is 0 Å². The van der Waals surface area contributed by atoms with E-state index >= 15 is 0 Å². The maximum atomic E-state index is 11.5. The Labute approximate surface area is 45.7 Å². The lowest BCUT2D eigenvalue weighted by atomic mass is 9.84. The molecule has 1 atom stereocenters. The van der Waals surface area contributed by atoms with Crippen LogP contribution in [0.4, 0.5) is 8.78 Å². The number of carbonyl (C=O) groups excluding carboxylic acids is 1. The van der Waals surface area contributed by atoms with Crippen molar-refractivity contribution in [2.75, 3.05) is 0 Å². The fourth-order valence-corrected chi connectivity index (χ4v) is 0.695. The van der Waals surface area contributed by atoms with Crippen molar-refractivity contribution in [2.45, 2.75) is 19.3 Å². The summed E-state index contributed by atoms with van der Waals surface area (Å²) in [5.74, 6) is -1.20. The summed E-state index contributed by atoms with van der Waals surface area (Å²) in [7, 11) is 0. The first-order valence-electron chi connectivity index (χ1n) is 2.52.